The highest BCUT2D eigenvalue weighted by Gasteiger charge is 2.24. The van der Waals surface area contributed by atoms with E-state index in [2.05, 4.69) is 10.1 Å². The molecular formula is C7H10N2O2. The van der Waals surface area contributed by atoms with Gasteiger partial charge in [0.2, 0.25) is 5.89 Å². The van der Waals surface area contributed by atoms with Gasteiger partial charge in [-0.05, 0) is 12.8 Å². The predicted molar refractivity (Wildman–Crippen MR) is 36.8 cm³/mol. The van der Waals surface area contributed by atoms with Crippen molar-refractivity contribution < 1.29 is 9.63 Å². The van der Waals surface area contributed by atoms with Crippen molar-refractivity contribution in [3.05, 3.63) is 11.7 Å². The predicted octanol–water partition coefficient (Wildman–Crippen LogP) is 0.829. The maximum absolute atomic E-state index is 8.64. The quantitative estimate of drug-likeness (QED) is 0.685. The molecule has 1 heterocycles. The van der Waals surface area contributed by atoms with Gasteiger partial charge in [0.1, 0.15) is 6.61 Å². The Morgan fingerprint density at radius 1 is 1.55 bits per heavy atom. The zero-order valence-corrected chi connectivity index (χ0v) is 6.16. The third-order valence-corrected chi connectivity index (χ3v) is 2.08. The first-order valence-corrected chi connectivity index (χ1v) is 3.83. The molecule has 1 fully saturated rings. The zero-order valence-electron chi connectivity index (χ0n) is 6.16. The molecule has 2 rings (SSSR count). The molecule has 4 nitrogen and oxygen atoms in total. The van der Waals surface area contributed by atoms with E-state index in [9.17, 15) is 0 Å². The molecule has 11 heavy (non-hydrogen) atoms. The first-order chi connectivity index (χ1) is 5.40. The van der Waals surface area contributed by atoms with E-state index in [4.69, 9.17) is 9.63 Å². The Morgan fingerprint density at radius 3 is 2.82 bits per heavy atom. The summed E-state index contributed by atoms with van der Waals surface area (Å²) >= 11 is 0. The normalized spacial score (nSPS) is 18.3. The maximum atomic E-state index is 8.64. The molecule has 0 aliphatic heterocycles. The molecule has 60 valence electrons. The number of hydrogen-bond acceptors (Lipinski definition) is 4. The number of aliphatic hydroxyl groups is 1. The summed E-state index contributed by atoms with van der Waals surface area (Å²) in [5.41, 5.74) is 0. The fourth-order valence-corrected chi connectivity index (χ4v) is 1.15. The second-order valence-corrected chi connectivity index (χ2v) is 2.83. The van der Waals surface area contributed by atoms with Gasteiger partial charge in [-0.25, -0.2) is 0 Å². The van der Waals surface area contributed by atoms with E-state index in [0.717, 1.165) is 12.8 Å². The highest BCUT2D eigenvalue weighted by atomic mass is 16.5. The molecule has 0 radical (unpaired) electrons. The van der Waals surface area contributed by atoms with Crippen molar-refractivity contribution in [3.63, 3.8) is 0 Å². The minimum atomic E-state index is -0.129. The average molecular weight is 154 g/mol. The van der Waals surface area contributed by atoms with Crippen LogP contribution in [0.25, 0.3) is 0 Å². The van der Waals surface area contributed by atoms with Crippen LogP contribution in [-0.2, 0) is 6.61 Å². The van der Waals surface area contributed by atoms with Gasteiger partial charge >= 0.3 is 0 Å². The highest BCUT2D eigenvalue weighted by Crippen LogP contribution is 2.34. The van der Waals surface area contributed by atoms with Gasteiger partial charge in [0, 0.05) is 5.92 Å². The van der Waals surface area contributed by atoms with Crippen molar-refractivity contribution in [3.8, 4) is 0 Å². The van der Waals surface area contributed by atoms with Crippen molar-refractivity contribution in [1.82, 2.24) is 10.1 Å². The van der Waals surface area contributed by atoms with Crippen LogP contribution < -0.4 is 0 Å². The van der Waals surface area contributed by atoms with Crippen LogP contribution in [0.2, 0.25) is 0 Å². The summed E-state index contributed by atoms with van der Waals surface area (Å²) in [5.74, 6) is 1.55. The van der Waals surface area contributed by atoms with Gasteiger partial charge in [-0.3, -0.25) is 0 Å². The van der Waals surface area contributed by atoms with Crippen molar-refractivity contribution in [1.29, 1.82) is 0 Å². The lowest BCUT2D eigenvalue weighted by Crippen LogP contribution is -2.08. The van der Waals surface area contributed by atoms with Crippen LogP contribution in [0.1, 0.15) is 36.9 Å². The molecule has 1 aromatic heterocycles. The van der Waals surface area contributed by atoms with Gasteiger partial charge in [0.15, 0.2) is 5.82 Å². The molecule has 1 aliphatic rings. The third-order valence-electron chi connectivity index (χ3n) is 2.08. The molecule has 0 spiro atoms. The Morgan fingerprint density at radius 2 is 2.36 bits per heavy atom. The molecule has 1 aliphatic carbocycles. The number of hydrogen-bond donors (Lipinski definition) is 1. The zero-order chi connectivity index (χ0) is 7.68. The minimum Gasteiger partial charge on any atom is -0.388 e. The number of nitrogens with zero attached hydrogens (tertiary/aromatic N) is 2. The van der Waals surface area contributed by atoms with Crippen LogP contribution in [0.15, 0.2) is 4.52 Å². The molecule has 0 aromatic carbocycles. The maximum Gasteiger partial charge on any atom is 0.229 e. The molecule has 0 bridgehead atoms. The van der Waals surface area contributed by atoms with Gasteiger partial charge in [-0.15, -0.1) is 0 Å². The molecule has 0 amide bonds. The van der Waals surface area contributed by atoms with E-state index in [-0.39, 0.29) is 6.61 Å². The third kappa shape index (κ3) is 1.14. The molecule has 0 saturated heterocycles. The lowest BCUT2D eigenvalue weighted by Gasteiger charge is -2.20. The molecule has 1 N–H and O–H groups in total. The Hall–Kier alpha value is -0.900. The van der Waals surface area contributed by atoms with Crippen LogP contribution in [0.4, 0.5) is 0 Å². The monoisotopic (exact) mass is 154 g/mol. The number of rotatable bonds is 2. The summed E-state index contributed by atoms with van der Waals surface area (Å²) in [4.78, 5) is 4.02. The SMILES string of the molecule is OCc1noc(C2CCC2)n1. The number of aliphatic hydroxyl groups excluding tert-OH is 1. The van der Waals surface area contributed by atoms with E-state index in [0.29, 0.717) is 17.6 Å². The fraction of sp³-hybridized carbons (Fsp3) is 0.714. The van der Waals surface area contributed by atoms with Gasteiger partial charge in [0.05, 0.1) is 0 Å². The van der Waals surface area contributed by atoms with Crippen LogP contribution >= 0.6 is 0 Å². The molecule has 1 aromatic rings. The Bertz CT molecular complexity index is 242. The van der Waals surface area contributed by atoms with E-state index in [1.807, 2.05) is 0 Å². The van der Waals surface area contributed by atoms with Crippen molar-refractivity contribution in [2.45, 2.75) is 31.8 Å². The minimum absolute atomic E-state index is 0.129. The van der Waals surface area contributed by atoms with Crippen LogP contribution in [-0.4, -0.2) is 15.2 Å². The standard InChI is InChI=1S/C7H10N2O2/c10-4-6-8-7(11-9-6)5-2-1-3-5/h5,10H,1-4H2. The summed E-state index contributed by atoms with van der Waals surface area (Å²) in [5, 5.41) is 12.2. The summed E-state index contributed by atoms with van der Waals surface area (Å²) in [7, 11) is 0. The highest BCUT2D eigenvalue weighted by molar-refractivity contribution is 4.97. The van der Waals surface area contributed by atoms with Crippen LogP contribution in [0, 0.1) is 0 Å². The summed E-state index contributed by atoms with van der Waals surface area (Å²) in [6.45, 7) is -0.129. The molecule has 1 saturated carbocycles. The Labute approximate surface area is 64.2 Å². The Kier molecular flexibility index (Phi) is 1.62. The smallest absolute Gasteiger partial charge is 0.229 e. The van der Waals surface area contributed by atoms with E-state index < -0.39 is 0 Å². The molecule has 0 atom stereocenters. The second kappa shape index (κ2) is 2.62. The molecular weight excluding hydrogens is 144 g/mol. The fourth-order valence-electron chi connectivity index (χ4n) is 1.15. The van der Waals surface area contributed by atoms with Gasteiger partial charge in [-0.1, -0.05) is 11.6 Å². The van der Waals surface area contributed by atoms with E-state index in [1.54, 1.807) is 0 Å². The molecule has 0 unspecified atom stereocenters. The second-order valence-electron chi connectivity index (χ2n) is 2.83. The van der Waals surface area contributed by atoms with Gasteiger partial charge in [0.25, 0.3) is 0 Å². The van der Waals surface area contributed by atoms with Crippen LogP contribution in [0.5, 0.6) is 0 Å². The lowest BCUT2D eigenvalue weighted by molar-refractivity contribution is 0.258. The first kappa shape index (κ1) is 6.79. The topological polar surface area (TPSA) is 59.2 Å². The summed E-state index contributed by atoms with van der Waals surface area (Å²) < 4.78 is 4.94. The lowest BCUT2D eigenvalue weighted by atomic mass is 9.85. The van der Waals surface area contributed by atoms with Gasteiger partial charge < -0.3 is 9.63 Å². The van der Waals surface area contributed by atoms with Crippen molar-refractivity contribution >= 4 is 0 Å². The van der Waals surface area contributed by atoms with Crippen molar-refractivity contribution in [2.75, 3.05) is 0 Å². The van der Waals surface area contributed by atoms with Gasteiger partial charge in [-0.2, -0.15) is 4.98 Å². The first-order valence-electron chi connectivity index (χ1n) is 3.83. The van der Waals surface area contributed by atoms with Crippen LogP contribution in [0.3, 0.4) is 0 Å². The molecule has 4 heteroatoms. The van der Waals surface area contributed by atoms with Crippen molar-refractivity contribution in [2.24, 2.45) is 0 Å². The average Bonchev–Trinajstić information content (AvgIpc) is 2.32. The summed E-state index contributed by atoms with van der Waals surface area (Å²) in [6.07, 6.45) is 3.54. The van der Waals surface area contributed by atoms with E-state index >= 15 is 0 Å². The Balaban J connectivity index is 2.11. The largest absolute Gasteiger partial charge is 0.388 e. The number of aromatic nitrogens is 2. The summed E-state index contributed by atoms with van der Waals surface area (Å²) in [6, 6.07) is 0. The van der Waals surface area contributed by atoms with E-state index in [1.165, 1.54) is 6.42 Å².